The highest BCUT2D eigenvalue weighted by Crippen LogP contribution is 2.08. The Bertz CT molecular complexity index is 305. The molecule has 1 aliphatic heterocycles. The van der Waals surface area contributed by atoms with Crippen molar-refractivity contribution in [3.63, 3.8) is 0 Å². The van der Waals surface area contributed by atoms with Gasteiger partial charge in [0, 0.05) is 26.3 Å². The van der Waals surface area contributed by atoms with Gasteiger partial charge in [-0.25, -0.2) is 0 Å². The molecule has 0 N–H and O–H groups in total. The Labute approximate surface area is 70.8 Å². The highest BCUT2D eigenvalue weighted by atomic mass is 16.2. The van der Waals surface area contributed by atoms with E-state index in [-0.39, 0.29) is 5.91 Å². The summed E-state index contributed by atoms with van der Waals surface area (Å²) in [6.07, 6.45) is 2.66. The third-order valence-electron chi connectivity index (χ3n) is 2.15. The first kappa shape index (κ1) is 7.34. The standard InChI is InChI=1S/C8H11N3O/c1-10-5-2-6-11-7(8(10)12)3-4-9-11/h3-4H,2,5-6H2,1H3. The van der Waals surface area contributed by atoms with Gasteiger partial charge in [-0.15, -0.1) is 0 Å². The Hall–Kier alpha value is -1.32. The molecule has 0 unspecified atom stereocenters. The Kier molecular flexibility index (Phi) is 1.60. The van der Waals surface area contributed by atoms with Crippen LogP contribution in [0, 0.1) is 0 Å². The molecule has 0 radical (unpaired) electrons. The van der Waals surface area contributed by atoms with Crippen LogP contribution in [-0.2, 0) is 6.54 Å². The molecule has 0 bridgehead atoms. The molecule has 0 saturated carbocycles. The fourth-order valence-electron chi connectivity index (χ4n) is 1.45. The summed E-state index contributed by atoms with van der Waals surface area (Å²) in [6, 6.07) is 1.77. The van der Waals surface area contributed by atoms with Crippen LogP contribution in [0.15, 0.2) is 12.3 Å². The molecule has 12 heavy (non-hydrogen) atoms. The maximum absolute atomic E-state index is 11.6. The number of rotatable bonds is 0. The Morgan fingerprint density at radius 3 is 3.17 bits per heavy atom. The van der Waals surface area contributed by atoms with Crippen molar-refractivity contribution in [2.45, 2.75) is 13.0 Å². The van der Waals surface area contributed by atoms with Gasteiger partial charge < -0.3 is 4.90 Å². The maximum Gasteiger partial charge on any atom is 0.271 e. The quantitative estimate of drug-likeness (QED) is 0.556. The summed E-state index contributed by atoms with van der Waals surface area (Å²) in [6.45, 7) is 1.67. The summed E-state index contributed by atoms with van der Waals surface area (Å²) in [5.74, 6) is 0.0741. The SMILES string of the molecule is CN1CCCn2nccc2C1=O. The van der Waals surface area contributed by atoms with Crippen molar-refractivity contribution in [3.8, 4) is 0 Å². The largest absolute Gasteiger partial charge is 0.340 e. The van der Waals surface area contributed by atoms with Crippen LogP contribution in [0.5, 0.6) is 0 Å². The van der Waals surface area contributed by atoms with Crippen LogP contribution in [0.2, 0.25) is 0 Å². The number of amides is 1. The molecule has 0 fully saturated rings. The van der Waals surface area contributed by atoms with Crippen molar-refractivity contribution >= 4 is 5.91 Å². The average Bonchev–Trinajstić information content (AvgIpc) is 2.46. The predicted octanol–water partition coefficient (Wildman–Crippen LogP) is 0.359. The second-order valence-corrected chi connectivity index (χ2v) is 3.02. The van der Waals surface area contributed by atoms with E-state index in [9.17, 15) is 4.79 Å². The van der Waals surface area contributed by atoms with Gasteiger partial charge in [-0.2, -0.15) is 5.10 Å². The number of nitrogens with zero attached hydrogens (tertiary/aromatic N) is 3. The van der Waals surface area contributed by atoms with Crippen LogP contribution in [0.4, 0.5) is 0 Å². The van der Waals surface area contributed by atoms with E-state index >= 15 is 0 Å². The minimum atomic E-state index is 0.0741. The molecule has 4 nitrogen and oxygen atoms in total. The summed E-state index contributed by atoms with van der Waals surface area (Å²) < 4.78 is 1.77. The van der Waals surface area contributed by atoms with Crippen molar-refractivity contribution in [1.29, 1.82) is 0 Å². The minimum Gasteiger partial charge on any atom is -0.340 e. The van der Waals surface area contributed by atoms with Crippen LogP contribution in [0.1, 0.15) is 16.9 Å². The molecular formula is C8H11N3O. The van der Waals surface area contributed by atoms with Crippen molar-refractivity contribution < 1.29 is 4.79 Å². The molecule has 1 aromatic rings. The number of hydrogen-bond donors (Lipinski definition) is 0. The molecule has 1 amide bonds. The summed E-state index contributed by atoms with van der Waals surface area (Å²) in [7, 11) is 1.82. The van der Waals surface area contributed by atoms with E-state index in [2.05, 4.69) is 5.10 Å². The fraction of sp³-hybridized carbons (Fsp3) is 0.500. The van der Waals surface area contributed by atoms with Crippen LogP contribution in [-0.4, -0.2) is 34.2 Å². The molecule has 2 heterocycles. The van der Waals surface area contributed by atoms with Crippen molar-refractivity contribution in [1.82, 2.24) is 14.7 Å². The van der Waals surface area contributed by atoms with E-state index in [1.165, 1.54) is 0 Å². The molecule has 0 spiro atoms. The molecule has 0 aliphatic carbocycles. The molecule has 4 heteroatoms. The number of aryl methyl sites for hydroxylation is 1. The lowest BCUT2D eigenvalue weighted by Crippen LogP contribution is -2.26. The van der Waals surface area contributed by atoms with Crippen molar-refractivity contribution in [2.75, 3.05) is 13.6 Å². The lowest BCUT2D eigenvalue weighted by Gasteiger charge is -2.11. The van der Waals surface area contributed by atoms with Gasteiger partial charge in [0.1, 0.15) is 5.69 Å². The third-order valence-corrected chi connectivity index (χ3v) is 2.15. The Balaban J connectivity index is 2.41. The van der Waals surface area contributed by atoms with Crippen molar-refractivity contribution in [2.24, 2.45) is 0 Å². The molecular weight excluding hydrogens is 154 g/mol. The lowest BCUT2D eigenvalue weighted by atomic mass is 10.4. The van der Waals surface area contributed by atoms with Gasteiger partial charge in [0.2, 0.25) is 0 Å². The number of carbonyl (C=O) groups is 1. The summed E-state index contributed by atoms with van der Waals surface area (Å²) in [5, 5.41) is 4.07. The monoisotopic (exact) mass is 165 g/mol. The first-order chi connectivity index (χ1) is 5.79. The zero-order chi connectivity index (χ0) is 8.55. The molecule has 0 saturated heterocycles. The zero-order valence-electron chi connectivity index (χ0n) is 7.03. The van der Waals surface area contributed by atoms with Gasteiger partial charge in [0.25, 0.3) is 5.91 Å². The fourth-order valence-corrected chi connectivity index (χ4v) is 1.45. The normalized spacial score (nSPS) is 17.4. The molecule has 2 rings (SSSR count). The number of fused-ring (bicyclic) bond motifs is 1. The van der Waals surface area contributed by atoms with Crippen LogP contribution in [0.25, 0.3) is 0 Å². The third kappa shape index (κ3) is 0.995. The van der Waals surface area contributed by atoms with E-state index < -0.39 is 0 Å². The van der Waals surface area contributed by atoms with E-state index in [4.69, 9.17) is 0 Å². The van der Waals surface area contributed by atoms with Gasteiger partial charge in [-0.3, -0.25) is 9.48 Å². The van der Waals surface area contributed by atoms with E-state index in [0.29, 0.717) is 5.69 Å². The Morgan fingerprint density at radius 1 is 1.50 bits per heavy atom. The number of aromatic nitrogens is 2. The summed E-state index contributed by atoms with van der Waals surface area (Å²) in [5.41, 5.74) is 0.704. The predicted molar refractivity (Wildman–Crippen MR) is 43.8 cm³/mol. The van der Waals surface area contributed by atoms with Gasteiger partial charge >= 0.3 is 0 Å². The highest BCUT2D eigenvalue weighted by molar-refractivity contribution is 5.92. The van der Waals surface area contributed by atoms with E-state index in [1.807, 2.05) is 7.05 Å². The van der Waals surface area contributed by atoms with Crippen LogP contribution >= 0.6 is 0 Å². The van der Waals surface area contributed by atoms with Gasteiger partial charge in [0.05, 0.1) is 0 Å². The van der Waals surface area contributed by atoms with Crippen LogP contribution < -0.4 is 0 Å². The summed E-state index contributed by atoms with van der Waals surface area (Å²) in [4.78, 5) is 13.3. The highest BCUT2D eigenvalue weighted by Gasteiger charge is 2.19. The van der Waals surface area contributed by atoms with Gasteiger partial charge in [-0.05, 0) is 12.5 Å². The topological polar surface area (TPSA) is 38.1 Å². The first-order valence-corrected chi connectivity index (χ1v) is 4.06. The van der Waals surface area contributed by atoms with E-state index in [1.54, 1.807) is 21.8 Å². The van der Waals surface area contributed by atoms with Crippen molar-refractivity contribution in [3.05, 3.63) is 18.0 Å². The summed E-state index contributed by atoms with van der Waals surface area (Å²) >= 11 is 0. The van der Waals surface area contributed by atoms with E-state index in [0.717, 1.165) is 19.5 Å². The molecule has 1 aliphatic rings. The molecule has 0 atom stereocenters. The smallest absolute Gasteiger partial charge is 0.271 e. The molecule has 1 aromatic heterocycles. The van der Waals surface area contributed by atoms with Gasteiger partial charge in [0.15, 0.2) is 0 Å². The number of carbonyl (C=O) groups excluding carboxylic acids is 1. The second-order valence-electron chi connectivity index (χ2n) is 3.02. The molecule has 0 aromatic carbocycles. The minimum absolute atomic E-state index is 0.0741. The zero-order valence-corrected chi connectivity index (χ0v) is 7.03. The van der Waals surface area contributed by atoms with Gasteiger partial charge in [-0.1, -0.05) is 0 Å². The number of hydrogen-bond acceptors (Lipinski definition) is 2. The maximum atomic E-state index is 11.6. The average molecular weight is 165 g/mol. The first-order valence-electron chi connectivity index (χ1n) is 4.06. The lowest BCUT2D eigenvalue weighted by molar-refractivity contribution is 0.0796. The second kappa shape index (κ2) is 2.62. The van der Waals surface area contributed by atoms with Crippen LogP contribution in [0.3, 0.4) is 0 Å². The molecule has 64 valence electrons. The Morgan fingerprint density at radius 2 is 2.33 bits per heavy atom.